The molecule has 1 N–H and O–H groups in total. The van der Waals surface area contributed by atoms with Crippen LogP contribution in [0.15, 0.2) is 72.3 Å². The lowest BCUT2D eigenvalue weighted by Crippen LogP contribution is -2.29. The van der Waals surface area contributed by atoms with Crippen LogP contribution in [0.1, 0.15) is 102 Å². The molecule has 0 aliphatic carbocycles. The molecule has 3 aromatic rings. The van der Waals surface area contributed by atoms with Crippen molar-refractivity contribution in [2.75, 3.05) is 4.90 Å². The van der Waals surface area contributed by atoms with Crippen molar-refractivity contribution in [3.63, 3.8) is 0 Å². The van der Waals surface area contributed by atoms with Crippen molar-refractivity contribution in [3.05, 3.63) is 106 Å². The highest BCUT2D eigenvalue weighted by Gasteiger charge is 2.47. The topological polar surface area (TPSA) is 57.6 Å². The van der Waals surface area contributed by atoms with Gasteiger partial charge in [0.25, 0.3) is 11.7 Å². The number of aliphatic hydroxyl groups excluding tert-OH is 1. The maximum absolute atomic E-state index is 13.7. The van der Waals surface area contributed by atoms with E-state index < -0.39 is 17.7 Å². The molecule has 40 heavy (non-hydrogen) atoms. The van der Waals surface area contributed by atoms with E-state index in [9.17, 15) is 14.7 Å². The summed E-state index contributed by atoms with van der Waals surface area (Å²) in [6.07, 6.45) is 0. The molecule has 0 radical (unpaired) electrons. The first kappa shape index (κ1) is 29.3. The summed E-state index contributed by atoms with van der Waals surface area (Å²) in [5.41, 5.74) is 6.00. The van der Waals surface area contributed by atoms with E-state index in [0.717, 1.165) is 27.8 Å². The molecule has 0 bridgehead atoms. The standard InChI is InChI=1S/C36H43NO3/c1-22-11-14-26(36(8,9)10)21-28(22)31(38)29-30(23-12-15-24(16-13-23)34(2,3)4)37(33(40)32(29)39)27-19-17-25(18-20-27)35(5,6)7/h11-21,30,38H,1-10H3/b31-29+. The highest BCUT2D eigenvalue weighted by Crippen LogP contribution is 2.43. The first-order valence-corrected chi connectivity index (χ1v) is 14.0. The molecule has 1 heterocycles. The monoisotopic (exact) mass is 537 g/mol. The molecule has 3 aromatic carbocycles. The minimum atomic E-state index is -0.757. The van der Waals surface area contributed by atoms with Gasteiger partial charge in [-0.05, 0) is 69.2 Å². The van der Waals surface area contributed by atoms with Crippen LogP contribution in [0.4, 0.5) is 5.69 Å². The number of carbonyl (C=O) groups is 2. The highest BCUT2D eigenvalue weighted by molar-refractivity contribution is 6.51. The van der Waals surface area contributed by atoms with Gasteiger partial charge in [0.05, 0.1) is 11.6 Å². The number of aliphatic hydroxyl groups is 1. The number of hydrogen-bond acceptors (Lipinski definition) is 3. The van der Waals surface area contributed by atoms with Crippen LogP contribution in [0.5, 0.6) is 0 Å². The fourth-order valence-electron chi connectivity index (χ4n) is 5.19. The average molecular weight is 538 g/mol. The van der Waals surface area contributed by atoms with Crippen molar-refractivity contribution in [2.45, 2.75) is 91.5 Å². The summed E-state index contributed by atoms with van der Waals surface area (Å²) in [6.45, 7) is 21.1. The van der Waals surface area contributed by atoms with Crippen molar-refractivity contribution in [2.24, 2.45) is 0 Å². The van der Waals surface area contributed by atoms with Gasteiger partial charge in [0.1, 0.15) is 5.76 Å². The van der Waals surface area contributed by atoms with Gasteiger partial charge in [0.15, 0.2) is 0 Å². The van der Waals surface area contributed by atoms with Crippen molar-refractivity contribution in [1.82, 2.24) is 0 Å². The summed E-state index contributed by atoms with van der Waals surface area (Å²) >= 11 is 0. The Morgan fingerprint density at radius 2 is 1.12 bits per heavy atom. The predicted molar refractivity (Wildman–Crippen MR) is 165 cm³/mol. The Bertz CT molecular complexity index is 1470. The second-order valence-electron chi connectivity index (χ2n) is 14.1. The third-order valence-electron chi connectivity index (χ3n) is 7.91. The fraction of sp³-hybridized carbons (Fsp3) is 0.389. The van der Waals surface area contributed by atoms with Crippen molar-refractivity contribution < 1.29 is 14.7 Å². The predicted octanol–water partition coefficient (Wildman–Crippen LogP) is 8.51. The third-order valence-corrected chi connectivity index (χ3v) is 7.91. The number of aryl methyl sites for hydroxylation is 1. The van der Waals surface area contributed by atoms with E-state index in [1.165, 1.54) is 4.90 Å². The molecule has 4 rings (SSSR count). The second kappa shape index (κ2) is 10.1. The van der Waals surface area contributed by atoms with Crippen LogP contribution in [-0.4, -0.2) is 16.8 Å². The van der Waals surface area contributed by atoms with E-state index in [-0.39, 0.29) is 27.6 Å². The molecule has 210 valence electrons. The number of hydrogen-bond donors (Lipinski definition) is 1. The normalized spacial score (nSPS) is 17.9. The van der Waals surface area contributed by atoms with Crippen LogP contribution in [0, 0.1) is 6.92 Å². The molecule has 1 atom stereocenters. The molecule has 1 unspecified atom stereocenters. The molecule has 1 aliphatic rings. The molecule has 4 heteroatoms. The number of carbonyl (C=O) groups excluding carboxylic acids is 2. The zero-order valence-corrected chi connectivity index (χ0v) is 25.6. The van der Waals surface area contributed by atoms with E-state index >= 15 is 0 Å². The lowest BCUT2D eigenvalue weighted by molar-refractivity contribution is -0.132. The minimum Gasteiger partial charge on any atom is -0.507 e. The SMILES string of the molecule is Cc1ccc(C(C)(C)C)cc1/C(O)=C1\C(=O)C(=O)N(c2ccc(C(C)(C)C)cc2)C1c1ccc(C(C)(C)C)cc1. The van der Waals surface area contributed by atoms with Crippen LogP contribution in [0.25, 0.3) is 5.76 Å². The van der Waals surface area contributed by atoms with E-state index in [2.05, 4.69) is 62.3 Å². The number of nitrogens with zero attached hydrogens (tertiary/aromatic N) is 1. The number of rotatable bonds is 3. The first-order valence-electron chi connectivity index (χ1n) is 14.0. The van der Waals surface area contributed by atoms with Gasteiger partial charge in [0, 0.05) is 11.3 Å². The van der Waals surface area contributed by atoms with Crippen LogP contribution in [0.2, 0.25) is 0 Å². The number of ketones is 1. The summed E-state index contributed by atoms with van der Waals surface area (Å²) in [7, 11) is 0. The van der Waals surface area contributed by atoms with Gasteiger partial charge >= 0.3 is 0 Å². The summed E-state index contributed by atoms with van der Waals surface area (Å²) < 4.78 is 0. The highest BCUT2D eigenvalue weighted by atomic mass is 16.3. The maximum Gasteiger partial charge on any atom is 0.300 e. The average Bonchev–Trinajstić information content (AvgIpc) is 3.12. The molecule has 4 nitrogen and oxygen atoms in total. The Morgan fingerprint density at radius 3 is 1.60 bits per heavy atom. The number of benzene rings is 3. The zero-order valence-electron chi connectivity index (χ0n) is 25.6. The number of anilines is 1. The molecule has 0 saturated carbocycles. The van der Waals surface area contributed by atoms with E-state index in [1.807, 2.05) is 73.7 Å². The lowest BCUT2D eigenvalue weighted by atomic mass is 9.83. The Kier molecular flexibility index (Phi) is 7.38. The van der Waals surface area contributed by atoms with Crippen LogP contribution >= 0.6 is 0 Å². The van der Waals surface area contributed by atoms with Gasteiger partial charge in [-0.3, -0.25) is 14.5 Å². The van der Waals surface area contributed by atoms with Crippen molar-refractivity contribution in [1.29, 1.82) is 0 Å². The molecular formula is C36H43NO3. The Morgan fingerprint density at radius 1 is 0.675 bits per heavy atom. The Balaban J connectivity index is 1.95. The number of amides is 1. The van der Waals surface area contributed by atoms with Gasteiger partial charge in [-0.25, -0.2) is 0 Å². The summed E-state index contributed by atoms with van der Waals surface area (Å²) in [5, 5.41) is 11.8. The first-order chi connectivity index (χ1) is 18.4. The van der Waals surface area contributed by atoms with Gasteiger partial charge in [0.2, 0.25) is 0 Å². The maximum atomic E-state index is 13.7. The molecular weight excluding hydrogens is 494 g/mol. The smallest absolute Gasteiger partial charge is 0.300 e. The van der Waals surface area contributed by atoms with Gasteiger partial charge < -0.3 is 5.11 Å². The van der Waals surface area contributed by atoms with Crippen LogP contribution < -0.4 is 4.90 Å². The molecule has 1 saturated heterocycles. The lowest BCUT2D eigenvalue weighted by Gasteiger charge is -2.28. The van der Waals surface area contributed by atoms with Gasteiger partial charge in [-0.15, -0.1) is 0 Å². The number of Topliss-reactive ketones (excluding diaryl/α,β-unsaturated/α-hetero) is 1. The van der Waals surface area contributed by atoms with E-state index in [4.69, 9.17) is 0 Å². The summed E-state index contributed by atoms with van der Waals surface area (Å²) in [4.78, 5) is 28.9. The van der Waals surface area contributed by atoms with E-state index in [1.54, 1.807) is 0 Å². The Hall–Kier alpha value is -3.66. The quantitative estimate of drug-likeness (QED) is 0.207. The minimum absolute atomic E-state index is 0.0480. The summed E-state index contributed by atoms with van der Waals surface area (Å²) in [6, 6.07) is 21.0. The fourth-order valence-corrected chi connectivity index (χ4v) is 5.19. The third kappa shape index (κ3) is 5.50. The molecule has 1 fully saturated rings. The van der Waals surface area contributed by atoms with E-state index in [0.29, 0.717) is 11.3 Å². The van der Waals surface area contributed by atoms with Crippen molar-refractivity contribution >= 4 is 23.1 Å². The Labute approximate surface area is 239 Å². The molecule has 0 spiro atoms. The largest absolute Gasteiger partial charge is 0.507 e. The summed E-state index contributed by atoms with van der Waals surface area (Å²) in [5.74, 6) is -1.46. The van der Waals surface area contributed by atoms with Crippen LogP contribution in [-0.2, 0) is 25.8 Å². The van der Waals surface area contributed by atoms with Gasteiger partial charge in [-0.1, -0.05) is 111 Å². The van der Waals surface area contributed by atoms with Crippen LogP contribution in [0.3, 0.4) is 0 Å². The molecule has 0 aromatic heterocycles. The second-order valence-corrected chi connectivity index (χ2v) is 14.1. The molecule has 1 aliphatic heterocycles. The van der Waals surface area contributed by atoms with Crippen molar-refractivity contribution in [3.8, 4) is 0 Å². The zero-order chi connectivity index (χ0) is 29.8. The van der Waals surface area contributed by atoms with Gasteiger partial charge in [-0.2, -0.15) is 0 Å². The molecule has 1 amide bonds.